The number of hydrogen-bond acceptors (Lipinski definition) is 4. The fourth-order valence-electron chi connectivity index (χ4n) is 3.42. The summed E-state index contributed by atoms with van der Waals surface area (Å²) in [6.07, 6.45) is 3.58. The minimum absolute atomic E-state index is 0. The number of ether oxygens (including phenoxy) is 2. The van der Waals surface area contributed by atoms with Gasteiger partial charge in [-0.05, 0) is 49.1 Å². The first-order valence-corrected chi connectivity index (χ1v) is 10.1. The van der Waals surface area contributed by atoms with Crippen LogP contribution in [-0.4, -0.2) is 37.4 Å². The van der Waals surface area contributed by atoms with E-state index in [9.17, 15) is 0 Å². The van der Waals surface area contributed by atoms with Gasteiger partial charge >= 0.3 is 0 Å². The summed E-state index contributed by atoms with van der Waals surface area (Å²) in [4.78, 5) is 9.25. The molecule has 0 amide bonds. The monoisotopic (exact) mass is 518 g/mol. The molecule has 1 aliphatic rings. The Morgan fingerprint density at radius 1 is 1.03 bits per heavy atom. The van der Waals surface area contributed by atoms with Gasteiger partial charge in [0.1, 0.15) is 0 Å². The van der Waals surface area contributed by atoms with Crippen LogP contribution in [-0.2, 0) is 12.8 Å². The van der Waals surface area contributed by atoms with Gasteiger partial charge in [0.05, 0.1) is 5.52 Å². The fraction of sp³-hybridized carbons (Fsp3) is 0.304. The molecular formula is C23H27IN4O2. The Kier molecular flexibility index (Phi) is 8.12. The van der Waals surface area contributed by atoms with Crippen LogP contribution in [0, 0.1) is 0 Å². The summed E-state index contributed by atoms with van der Waals surface area (Å²) in [6, 6.07) is 16.5. The largest absolute Gasteiger partial charge is 0.454 e. The minimum atomic E-state index is 0. The van der Waals surface area contributed by atoms with Gasteiger partial charge in [-0.1, -0.05) is 30.3 Å². The molecule has 158 valence electrons. The van der Waals surface area contributed by atoms with Crippen LogP contribution in [0.25, 0.3) is 10.9 Å². The van der Waals surface area contributed by atoms with E-state index in [0.717, 1.165) is 48.9 Å². The van der Waals surface area contributed by atoms with Crippen LogP contribution in [0.1, 0.15) is 18.1 Å². The molecule has 0 unspecified atom stereocenters. The molecular weight excluding hydrogens is 491 g/mol. The third-order valence-corrected chi connectivity index (χ3v) is 4.85. The van der Waals surface area contributed by atoms with Gasteiger partial charge in [-0.3, -0.25) is 9.98 Å². The molecule has 0 bridgehead atoms. The van der Waals surface area contributed by atoms with E-state index < -0.39 is 0 Å². The van der Waals surface area contributed by atoms with Crippen LogP contribution in [0.4, 0.5) is 0 Å². The fourth-order valence-corrected chi connectivity index (χ4v) is 3.42. The number of nitrogens with zero attached hydrogens (tertiary/aromatic N) is 2. The average molecular weight is 518 g/mol. The predicted molar refractivity (Wildman–Crippen MR) is 131 cm³/mol. The zero-order valence-corrected chi connectivity index (χ0v) is 19.4. The average Bonchev–Trinajstić information content (AvgIpc) is 3.22. The number of rotatable bonds is 7. The second-order valence-corrected chi connectivity index (χ2v) is 6.87. The molecule has 30 heavy (non-hydrogen) atoms. The van der Waals surface area contributed by atoms with E-state index in [0.29, 0.717) is 13.3 Å². The lowest BCUT2D eigenvalue weighted by atomic mass is 10.1. The molecule has 4 rings (SSSR count). The maximum absolute atomic E-state index is 5.45. The molecule has 2 N–H and O–H groups in total. The van der Waals surface area contributed by atoms with Crippen molar-refractivity contribution in [1.29, 1.82) is 0 Å². The summed E-state index contributed by atoms with van der Waals surface area (Å²) in [5.41, 5.74) is 3.49. The zero-order valence-electron chi connectivity index (χ0n) is 17.1. The van der Waals surface area contributed by atoms with Gasteiger partial charge < -0.3 is 20.1 Å². The predicted octanol–water partition coefficient (Wildman–Crippen LogP) is 3.92. The highest BCUT2D eigenvalue weighted by atomic mass is 127. The number of pyridine rings is 1. The number of benzene rings is 2. The van der Waals surface area contributed by atoms with Crippen molar-refractivity contribution in [3.63, 3.8) is 0 Å². The molecule has 0 saturated carbocycles. The highest BCUT2D eigenvalue weighted by molar-refractivity contribution is 14.0. The van der Waals surface area contributed by atoms with E-state index >= 15 is 0 Å². The lowest BCUT2D eigenvalue weighted by Gasteiger charge is -2.12. The molecule has 7 heteroatoms. The molecule has 6 nitrogen and oxygen atoms in total. The standard InChI is InChI=1S/C23H26N4O2.HI/c1-2-24-23(26-13-10-17-8-9-20-21(15-17)29-16-28-20)27-14-11-19-6-3-5-18-7-4-12-25-22(18)19;/h3-9,12,15H,2,10-11,13-14,16H2,1H3,(H2,24,26,27);1H. The number of nitrogens with one attached hydrogen (secondary N) is 2. The molecule has 2 aromatic carbocycles. The molecule has 2 heterocycles. The number of halogens is 1. The van der Waals surface area contributed by atoms with E-state index in [-0.39, 0.29) is 24.0 Å². The van der Waals surface area contributed by atoms with Crippen LogP contribution in [0.5, 0.6) is 11.5 Å². The maximum Gasteiger partial charge on any atom is 0.231 e. The highest BCUT2D eigenvalue weighted by Gasteiger charge is 2.13. The van der Waals surface area contributed by atoms with Crippen molar-refractivity contribution in [2.75, 3.05) is 26.4 Å². The van der Waals surface area contributed by atoms with Crippen molar-refractivity contribution < 1.29 is 9.47 Å². The molecule has 0 atom stereocenters. The van der Waals surface area contributed by atoms with E-state index in [1.54, 1.807) is 0 Å². The lowest BCUT2D eigenvalue weighted by molar-refractivity contribution is 0.174. The first-order chi connectivity index (χ1) is 14.3. The number of aromatic nitrogens is 1. The Morgan fingerprint density at radius 3 is 2.80 bits per heavy atom. The Bertz CT molecular complexity index is 1000. The number of aliphatic imine (C=N–C) groups is 1. The number of guanidine groups is 1. The highest BCUT2D eigenvalue weighted by Crippen LogP contribution is 2.32. The molecule has 0 aliphatic carbocycles. The summed E-state index contributed by atoms with van der Waals surface area (Å²) in [6.45, 7) is 4.70. The van der Waals surface area contributed by atoms with Crippen molar-refractivity contribution in [2.45, 2.75) is 19.8 Å². The SMILES string of the molecule is CCNC(=NCCc1cccc2cccnc12)NCCc1ccc2c(c1)OCO2.I. The zero-order chi connectivity index (χ0) is 19.9. The Hall–Kier alpha value is -2.55. The summed E-state index contributed by atoms with van der Waals surface area (Å²) in [5.74, 6) is 2.48. The first-order valence-electron chi connectivity index (χ1n) is 10.1. The van der Waals surface area contributed by atoms with Gasteiger partial charge in [0.25, 0.3) is 0 Å². The van der Waals surface area contributed by atoms with E-state index in [2.05, 4.69) is 52.9 Å². The van der Waals surface area contributed by atoms with Gasteiger partial charge in [-0.2, -0.15) is 0 Å². The second-order valence-electron chi connectivity index (χ2n) is 6.87. The van der Waals surface area contributed by atoms with E-state index in [1.165, 1.54) is 16.5 Å². The summed E-state index contributed by atoms with van der Waals surface area (Å²) >= 11 is 0. The van der Waals surface area contributed by atoms with Gasteiger partial charge in [-0.15, -0.1) is 24.0 Å². The lowest BCUT2D eigenvalue weighted by Crippen LogP contribution is -2.38. The van der Waals surface area contributed by atoms with Crippen molar-refractivity contribution in [3.05, 3.63) is 65.9 Å². The summed E-state index contributed by atoms with van der Waals surface area (Å²) < 4.78 is 10.8. The van der Waals surface area contributed by atoms with Crippen molar-refractivity contribution in [3.8, 4) is 11.5 Å². The van der Waals surface area contributed by atoms with E-state index in [1.807, 2.05) is 24.4 Å². The summed E-state index contributed by atoms with van der Waals surface area (Å²) in [7, 11) is 0. The van der Waals surface area contributed by atoms with Crippen LogP contribution < -0.4 is 20.1 Å². The summed E-state index contributed by atoms with van der Waals surface area (Å²) in [5, 5.41) is 7.89. The van der Waals surface area contributed by atoms with Gasteiger partial charge in [0.2, 0.25) is 6.79 Å². The van der Waals surface area contributed by atoms with Gasteiger partial charge in [-0.25, -0.2) is 0 Å². The van der Waals surface area contributed by atoms with Crippen molar-refractivity contribution in [1.82, 2.24) is 15.6 Å². The van der Waals surface area contributed by atoms with Gasteiger partial charge in [0.15, 0.2) is 17.5 Å². The van der Waals surface area contributed by atoms with Gasteiger partial charge in [0, 0.05) is 31.2 Å². The number of fused-ring (bicyclic) bond motifs is 2. The Morgan fingerprint density at radius 2 is 1.90 bits per heavy atom. The van der Waals surface area contributed by atoms with Crippen molar-refractivity contribution >= 4 is 40.8 Å². The molecule has 1 aliphatic heterocycles. The quantitative estimate of drug-likeness (QED) is 0.282. The Labute approximate surface area is 194 Å². The molecule has 0 saturated heterocycles. The Balaban J connectivity index is 0.00000256. The molecule has 1 aromatic heterocycles. The second kappa shape index (κ2) is 11.0. The van der Waals surface area contributed by atoms with Crippen LogP contribution in [0.2, 0.25) is 0 Å². The van der Waals surface area contributed by atoms with Crippen molar-refractivity contribution in [2.24, 2.45) is 4.99 Å². The maximum atomic E-state index is 5.45. The minimum Gasteiger partial charge on any atom is -0.454 e. The number of para-hydroxylation sites is 1. The molecule has 0 radical (unpaired) electrons. The normalized spacial score (nSPS) is 12.5. The van der Waals surface area contributed by atoms with Crippen LogP contribution >= 0.6 is 24.0 Å². The van der Waals surface area contributed by atoms with Crippen LogP contribution in [0.3, 0.4) is 0 Å². The number of hydrogen-bond donors (Lipinski definition) is 2. The third kappa shape index (κ3) is 5.53. The topological polar surface area (TPSA) is 67.8 Å². The molecule has 3 aromatic rings. The van der Waals surface area contributed by atoms with Crippen LogP contribution in [0.15, 0.2) is 59.7 Å². The smallest absolute Gasteiger partial charge is 0.231 e. The third-order valence-electron chi connectivity index (χ3n) is 4.85. The van der Waals surface area contributed by atoms with E-state index in [4.69, 9.17) is 14.5 Å². The first kappa shape index (κ1) is 22.1. The molecule has 0 spiro atoms. The molecule has 0 fully saturated rings.